The highest BCUT2D eigenvalue weighted by Gasteiger charge is 2.18. The van der Waals surface area contributed by atoms with Crippen LogP contribution in [0.4, 0.5) is 0 Å². The van der Waals surface area contributed by atoms with Crippen LogP contribution < -0.4 is 10.6 Å². The van der Waals surface area contributed by atoms with Gasteiger partial charge in [0.2, 0.25) is 0 Å². The number of nitrogens with one attached hydrogen (secondary N) is 2. The molecule has 4 heteroatoms. The van der Waals surface area contributed by atoms with Crippen LogP contribution in [0.15, 0.2) is 22.8 Å². The van der Waals surface area contributed by atoms with Crippen molar-refractivity contribution in [3.05, 3.63) is 24.2 Å². The summed E-state index contributed by atoms with van der Waals surface area (Å²) in [5.74, 6) is 0.255. The average molecular weight is 180 g/mol. The smallest absolute Gasteiger partial charge is 0.287 e. The van der Waals surface area contributed by atoms with Gasteiger partial charge in [-0.25, -0.2) is 0 Å². The summed E-state index contributed by atoms with van der Waals surface area (Å²) in [5, 5.41) is 6.06. The Kier molecular flexibility index (Phi) is 2.31. The molecule has 0 aromatic carbocycles. The van der Waals surface area contributed by atoms with E-state index in [2.05, 4.69) is 10.6 Å². The molecule has 2 heterocycles. The molecule has 0 bridgehead atoms. The van der Waals surface area contributed by atoms with Crippen LogP contribution in [-0.2, 0) is 0 Å². The quantitative estimate of drug-likeness (QED) is 0.691. The van der Waals surface area contributed by atoms with Crippen LogP contribution in [0.3, 0.4) is 0 Å². The first-order chi connectivity index (χ1) is 6.36. The van der Waals surface area contributed by atoms with Gasteiger partial charge in [0.1, 0.15) is 0 Å². The topological polar surface area (TPSA) is 54.3 Å². The van der Waals surface area contributed by atoms with Gasteiger partial charge in [0.15, 0.2) is 5.76 Å². The van der Waals surface area contributed by atoms with Crippen molar-refractivity contribution in [3.63, 3.8) is 0 Å². The van der Waals surface area contributed by atoms with E-state index in [1.54, 1.807) is 12.1 Å². The summed E-state index contributed by atoms with van der Waals surface area (Å²) < 4.78 is 4.97. The maximum atomic E-state index is 11.4. The maximum Gasteiger partial charge on any atom is 0.287 e. The normalized spacial score (nSPS) is 21.7. The van der Waals surface area contributed by atoms with Gasteiger partial charge in [0.25, 0.3) is 5.91 Å². The second-order valence-electron chi connectivity index (χ2n) is 3.14. The number of rotatable bonds is 2. The first-order valence-electron chi connectivity index (χ1n) is 4.41. The molecule has 0 radical (unpaired) electrons. The van der Waals surface area contributed by atoms with Crippen molar-refractivity contribution in [3.8, 4) is 0 Å². The summed E-state index contributed by atoms with van der Waals surface area (Å²) in [6.07, 6.45) is 2.49. The Morgan fingerprint density at radius 3 is 3.23 bits per heavy atom. The molecule has 1 aromatic heterocycles. The van der Waals surface area contributed by atoms with Gasteiger partial charge in [-0.15, -0.1) is 0 Å². The van der Waals surface area contributed by atoms with Gasteiger partial charge < -0.3 is 15.1 Å². The Labute approximate surface area is 76.3 Å². The maximum absolute atomic E-state index is 11.4. The lowest BCUT2D eigenvalue weighted by molar-refractivity contribution is 0.0912. The number of carbonyl (C=O) groups excluding carboxylic acids is 1. The first-order valence-corrected chi connectivity index (χ1v) is 4.41. The lowest BCUT2D eigenvalue weighted by atomic mass is 10.2. The van der Waals surface area contributed by atoms with Crippen LogP contribution in [0.1, 0.15) is 17.0 Å². The van der Waals surface area contributed by atoms with Crippen LogP contribution in [0.2, 0.25) is 0 Å². The standard InChI is InChI=1S/C9H12N2O2/c12-9(8-2-1-5-13-8)11-7-3-4-10-6-7/h1-2,5,7,10H,3-4,6H2,(H,11,12). The number of furan rings is 1. The fourth-order valence-electron chi connectivity index (χ4n) is 1.44. The molecule has 70 valence electrons. The van der Waals surface area contributed by atoms with Crippen LogP contribution >= 0.6 is 0 Å². The van der Waals surface area contributed by atoms with Crippen molar-refractivity contribution < 1.29 is 9.21 Å². The molecule has 1 amide bonds. The highest BCUT2D eigenvalue weighted by Crippen LogP contribution is 2.02. The average Bonchev–Trinajstić information content (AvgIpc) is 2.74. The van der Waals surface area contributed by atoms with E-state index >= 15 is 0 Å². The summed E-state index contributed by atoms with van der Waals surface area (Å²) >= 11 is 0. The van der Waals surface area contributed by atoms with E-state index in [9.17, 15) is 4.79 Å². The summed E-state index contributed by atoms with van der Waals surface area (Å²) in [6, 6.07) is 3.62. The summed E-state index contributed by atoms with van der Waals surface area (Å²) in [5.41, 5.74) is 0. The van der Waals surface area contributed by atoms with E-state index in [0.29, 0.717) is 5.76 Å². The number of hydrogen-bond acceptors (Lipinski definition) is 3. The predicted molar refractivity (Wildman–Crippen MR) is 47.4 cm³/mol. The molecule has 1 aromatic rings. The lowest BCUT2D eigenvalue weighted by Crippen LogP contribution is -2.35. The monoisotopic (exact) mass is 180 g/mol. The van der Waals surface area contributed by atoms with E-state index in [4.69, 9.17) is 4.42 Å². The molecular formula is C9H12N2O2. The molecule has 1 atom stereocenters. The van der Waals surface area contributed by atoms with Crippen molar-refractivity contribution in [1.82, 2.24) is 10.6 Å². The van der Waals surface area contributed by atoms with Crippen molar-refractivity contribution in [2.24, 2.45) is 0 Å². The third-order valence-electron chi connectivity index (χ3n) is 2.14. The second kappa shape index (κ2) is 3.62. The molecular weight excluding hydrogens is 168 g/mol. The zero-order chi connectivity index (χ0) is 9.10. The van der Waals surface area contributed by atoms with Gasteiger partial charge in [-0.1, -0.05) is 0 Å². The molecule has 2 N–H and O–H groups in total. The van der Waals surface area contributed by atoms with Gasteiger partial charge in [-0.2, -0.15) is 0 Å². The van der Waals surface area contributed by atoms with E-state index in [0.717, 1.165) is 19.5 Å². The minimum atomic E-state index is -0.126. The van der Waals surface area contributed by atoms with Gasteiger partial charge >= 0.3 is 0 Å². The molecule has 1 saturated heterocycles. The molecule has 1 unspecified atom stereocenters. The highest BCUT2D eigenvalue weighted by molar-refractivity contribution is 5.91. The fourth-order valence-corrected chi connectivity index (χ4v) is 1.44. The van der Waals surface area contributed by atoms with Crippen molar-refractivity contribution >= 4 is 5.91 Å². The molecule has 1 aliphatic rings. The van der Waals surface area contributed by atoms with E-state index in [-0.39, 0.29) is 11.9 Å². The molecule has 0 spiro atoms. The third kappa shape index (κ3) is 1.89. The van der Waals surface area contributed by atoms with Crippen LogP contribution in [0, 0.1) is 0 Å². The summed E-state index contributed by atoms with van der Waals surface area (Å²) in [6.45, 7) is 1.83. The molecule has 13 heavy (non-hydrogen) atoms. The lowest BCUT2D eigenvalue weighted by Gasteiger charge is -2.08. The Balaban J connectivity index is 1.91. The van der Waals surface area contributed by atoms with Crippen LogP contribution in [0.25, 0.3) is 0 Å². The number of amides is 1. The van der Waals surface area contributed by atoms with E-state index < -0.39 is 0 Å². The largest absolute Gasteiger partial charge is 0.459 e. The van der Waals surface area contributed by atoms with Crippen molar-refractivity contribution in [2.75, 3.05) is 13.1 Å². The molecule has 0 aliphatic carbocycles. The Bertz CT molecular complexity index is 276. The third-order valence-corrected chi connectivity index (χ3v) is 2.14. The first kappa shape index (κ1) is 8.31. The molecule has 2 rings (SSSR count). The summed E-state index contributed by atoms with van der Waals surface area (Å²) in [7, 11) is 0. The second-order valence-corrected chi connectivity index (χ2v) is 3.14. The van der Waals surface area contributed by atoms with Crippen LogP contribution in [0.5, 0.6) is 0 Å². The minimum Gasteiger partial charge on any atom is -0.459 e. The Morgan fingerprint density at radius 1 is 1.69 bits per heavy atom. The zero-order valence-electron chi connectivity index (χ0n) is 7.25. The number of hydrogen-bond donors (Lipinski definition) is 2. The van der Waals surface area contributed by atoms with Gasteiger partial charge in [0, 0.05) is 12.6 Å². The molecule has 0 saturated carbocycles. The van der Waals surface area contributed by atoms with Crippen molar-refractivity contribution in [2.45, 2.75) is 12.5 Å². The highest BCUT2D eigenvalue weighted by atomic mass is 16.3. The molecule has 1 aliphatic heterocycles. The van der Waals surface area contributed by atoms with Crippen LogP contribution in [-0.4, -0.2) is 25.0 Å². The van der Waals surface area contributed by atoms with Gasteiger partial charge in [-0.05, 0) is 25.1 Å². The van der Waals surface area contributed by atoms with Gasteiger partial charge in [-0.3, -0.25) is 4.79 Å². The fraction of sp³-hybridized carbons (Fsp3) is 0.444. The van der Waals surface area contributed by atoms with E-state index in [1.165, 1.54) is 6.26 Å². The Hall–Kier alpha value is -1.29. The predicted octanol–water partition coefficient (Wildman–Crippen LogP) is 0.371. The van der Waals surface area contributed by atoms with Gasteiger partial charge in [0.05, 0.1) is 6.26 Å². The zero-order valence-corrected chi connectivity index (χ0v) is 7.25. The minimum absolute atomic E-state index is 0.126. The Morgan fingerprint density at radius 2 is 2.62 bits per heavy atom. The molecule has 4 nitrogen and oxygen atoms in total. The number of carbonyl (C=O) groups is 1. The van der Waals surface area contributed by atoms with Crippen molar-refractivity contribution in [1.29, 1.82) is 0 Å². The van der Waals surface area contributed by atoms with E-state index in [1.807, 2.05) is 0 Å². The SMILES string of the molecule is O=C(NC1CCNC1)c1ccco1. The molecule has 1 fully saturated rings. The summed E-state index contributed by atoms with van der Waals surface area (Å²) in [4.78, 5) is 11.4.